The van der Waals surface area contributed by atoms with Crippen LogP contribution in [0.5, 0.6) is 11.5 Å². The van der Waals surface area contributed by atoms with Gasteiger partial charge in [0, 0.05) is 22.3 Å². The standard InChI is InChI=1S/C60H71NO2/c1-35-17-49(55(62)51(19-35)59-29-37-21-38(30-59)23-39(22-37)31-59)45-15-13-43(57(3,4)5)27-47(45)53-11-10-12-54(61(53)9)48-28-44(58(6,7)8)14-16-46(48)50-18-36(2)20-52(56(50)63)60-32-40-24-41(33-60)26-42(25-40)34-60/h10-20,27-28,37-42,62-63H,9,21-26,29-34H2,1-8H3. The lowest BCUT2D eigenvalue weighted by molar-refractivity contribution is -0.391. The SMILES string of the molecule is C=[N+]1C(c2cc(C(C)(C)C)ccc2-c2cc(C)cc(C34CC5CC(CC(C5)C3)C4)c2O)=CC=C[C-]1c1cc(C(C)(C)C)ccc1-c1cc(C)cc(C23CC4CC(CC(C4)C2)C3)c1O. The second-order valence-electron chi connectivity index (χ2n) is 24.6. The molecule has 1 heterocycles. The maximum absolute atomic E-state index is 12.7. The largest absolute Gasteiger partial charge is 0.508 e. The summed E-state index contributed by atoms with van der Waals surface area (Å²) in [6, 6.07) is 23.9. The molecule has 0 unspecified atom stereocenters. The predicted molar refractivity (Wildman–Crippen MR) is 261 cm³/mol. The first-order valence-corrected chi connectivity index (χ1v) is 24.7. The number of phenols is 2. The van der Waals surface area contributed by atoms with Crippen molar-refractivity contribution in [2.75, 3.05) is 0 Å². The fraction of sp³-hybridized carbons (Fsp3) is 0.500. The van der Waals surface area contributed by atoms with Gasteiger partial charge < -0.3 is 10.2 Å². The van der Waals surface area contributed by atoms with E-state index in [1.165, 1.54) is 110 Å². The molecule has 0 spiro atoms. The summed E-state index contributed by atoms with van der Waals surface area (Å²) >= 11 is 0. The molecular formula is C60H71NO2. The van der Waals surface area contributed by atoms with Gasteiger partial charge in [-0.05, 0) is 194 Å². The normalized spacial score (nSPS) is 30.7. The van der Waals surface area contributed by atoms with Crippen LogP contribution in [0.3, 0.4) is 0 Å². The van der Waals surface area contributed by atoms with E-state index in [1.54, 1.807) is 0 Å². The highest BCUT2D eigenvalue weighted by Gasteiger charge is 2.54. The van der Waals surface area contributed by atoms with Crippen LogP contribution in [-0.4, -0.2) is 21.5 Å². The van der Waals surface area contributed by atoms with Crippen LogP contribution >= 0.6 is 0 Å². The number of nitrogens with zero attached hydrogens (tertiary/aromatic N) is 1. The van der Waals surface area contributed by atoms with E-state index in [0.29, 0.717) is 11.5 Å². The second-order valence-corrected chi connectivity index (χ2v) is 24.6. The molecule has 8 bridgehead atoms. The summed E-state index contributed by atoms with van der Waals surface area (Å²) in [6.45, 7) is 23.0. The quantitative estimate of drug-likeness (QED) is 0.150. The first kappa shape index (κ1) is 41.2. The van der Waals surface area contributed by atoms with Crippen LogP contribution in [0.1, 0.15) is 163 Å². The van der Waals surface area contributed by atoms with Crippen LogP contribution < -0.4 is 0 Å². The lowest BCUT2D eigenvalue weighted by atomic mass is 9.48. The Morgan fingerprint density at radius 3 is 1.40 bits per heavy atom. The van der Waals surface area contributed by atoms with Crippen LogP contribution in [0.4, 0.5) is 0 Å². The number of benzene rings is 4. The minimum atomic E-state index is -0.0821. The van der Waals surface area contributed by atoms with Crippen LogP contribution in [0.15, 0.2) is 78.9 Å². The summed E-state index contributed by atoms with van der Waals surface area (Å²) in [5, 5.41) is 25.4. The van der Waals surface area contributed by atoms with Crippen LogP contribution in [0, 0.1) is 55.4 Å². The Hall–Kier alpha value is -4.50. The maximum atomic E-state index is 12.7. The van der Waals surface area contributed by atoms with E-state index in [-0.39, 0.29) is 21.7 Å². The minimum absolute atomic E-state index is 0.0721. The molecule has 328 valence electrons. The molecule has 13 rings (SSSR count). The highest BCUT2D eigenvalue weighted by Crippen LogP contribution is 2.64. The summed E-state index contributed by atoms with van der Waals surface area (Å²) in [6.07, 6.45) is 22.1. The van der Waals surface area contributed by atoms with E-state index in [2.05, 4.69) is 139 Å². The van der Waals surface area contributed by atoms with Crippen LogP contribution in [-0.2, 0) is 21.7 Å². The molecular weight excluding hydrogens is 767 g/mol. The minimum Gasteiger partial charge on any atom is -0.508 e. The molecule has 0 saturated heterocycles. The third kappa shape index (κ3) is 6.79. The molecule has 2 N–H and O–H groups in total. The van der Waals surface area contributed by atoms with Crippen molar-refractivity contribution in [2.45, 2.75) is 154 Å². The highest BCUT2D eigenvalue weighted by molar-refractivity contribution is 5.86. The zero-order valence-electron chi connectivity index (χ0n) is 39.5. The summed E-state index contributed by atoms with van der Waals surface area (Å²) in [5.74, 6) is 5.71. The number of aromatic hydroxyl groups is 2. The van der Waals surface area contributed by atoms with Crippen LogP contribution in [0.2, 0.25) is 0 Å². The maximum Gasteiger partial charge on any atom is 0.160 e. The Balaban J connectivity index is 1.03. The third-order valence-corrected chi connectivity index (χ3v) is 17.7. The zero-order valence-corrected chi connectivity index (χ0v) is 39.5. The van der Waals surface area contributed by atoms with Gasteiger partial charge in [0.25, 0.3) is 0 Å². The molecule has 63 heavy (non-hydrogen) atoms. The molecule has 3 nitrogen and oxygen atoms in total. The molecule has 8 saturated carbocycles. The summed E-state index contributed by atoms with van der Waals surface area (Å²) in [4.78, 5) is 0. The van der Waals surface area contributed by atoms with Gasteiger partial charge >= 0.3 is 0 Å². The van der Waals surface area contributed by atoms with Crippen molar-refractivity contribution in [2.24, 2.45) is 35.5 Å². The molecule has 0 aromatic heterocycles. The van der Waals surface area contributed by atoms with E-state index in [1.807, 2.05) is 0 Å². The molecule has 0 amide bonds. The van der Waals surface area contributed by atoms with Gasteiger partial charge in [-0.15, -0.1) is 6.08 Å². The van der Waals surface area contributed by atoms with E-state index < -0.39 is 0 Å². The average Bonchev–Trinajstić information content (AvgIpc) is 3.20. The topological polar surface area (TPSA) is 43.5 Å². The van der Waals surface area contributed by atoms with Gasteiger partial charge in [0.15, 0.2) is 5.70 Å². The lowest BCUT2D eigenvalue weighted by Gasteiger charge is -2.57. The zero-order chi connectivity index (χ0) is 44.0. The van der Waals surface area contributed by atoms with Gasteiger partial charge in [-0.2, -0.15) is 0 Å². The molecule has 4 aromatic rings. The van der Waals surface area contributed by atoms with Crippen molar-refractivity contribution in [1.82, 2.24) is 0 Å². The van der Waals surface area contributed by atoms with Crippen molar-refractivity contribution in [1.29, 1.82) is 0 Å². The van der Waals surface area contributed by atoms with Crippen molar-refractivity contribution >= 4 is 12.4 Å². The number of aryl methyl sites for hydroxylation is 2. The van der Waals surface area contributed by atoms with E-state index in [9.17, 15) is 10.2 Å². The molecule has 1 aliphatic heterocycles. The smallest absolute Gasteiger partial charge is 0.160 e. The van der Waals surface area contributed by atoms with E-state index in [4.69, 9.17) is 6.72 Å². The molecule has 8 aliphatic carbocycles. The number of phenolic OH excluding ortho intramolecular Hbond substituents is 2. The van der Waals surface area contributed by atoms with Crippen molar-refractivity contribution < 1.29 is 14.8 Å². The van der Waals surface area contributed by atoms with E-state index in [0.717, 1.165) is 80.6 Å². The van der Waals surface area contributed by atoms with Crippen molar-refractivity contribution in [3.63, 3.8) is 0 Å². The number of hydrogen-bond acceptors (Lipinski definition) is 2. The number of hydrogen-bond donors (Lipinski definition) is 2. The average molecular weight is 838 g/mol. The monoisotopic (exact) mass is 838 g/mol. The summed E-state index contributed by atoms with van der Waals surface area (Å²) in [7, 11) is 0. The molecule has 9 aliphatic rings. The van der Waals surface area contributed by atoms with Gasteiger partial charge in [0.2, 0.25) is 0 Å². The first-order valence-electron chi connectivity index (χ1n) is 24.7. The Labute approximate surface area is 378 Å². The number of allylic oxidation sites excluding steroid dienone is 2. The van der Waals surface area contributed by atoms with Gasteiger partial charge in [0.1, 0.15) is 17.5 Å². The molecule has 3 heteroatoms. The lowest BCUT2D eigenvalue weighted by Crippen LogP contribution is -2.48. The second kappa shape index (κ2) is 14.2. The Bertz CT molecular complexity index is 2550. The van der Waals surface area contributed by atoms with Crippen molar-refractivity contribution in [3.8, 4) is 33.8 Å². The summed E-state index contributed by atoms with van der Waals surface area (Å²) in [5.41, 5.74) is 14.4. The predicted octanol–water partition coefficient (Wildman–Crippen LogP) is 14.8. The van der Waals surface area contributed by atoms with Gasteiger partial charge in [-0.1, -0.05) is 113 Å². The Morgan fingerprint density at radius 1 is 0.540 bits per heavy atom. The van der Waals surface area contributed by atoms with Gasteiger partial charge in [0.05, 0.1) is 6.72 Å². The Morgan fingerprint density at radius 2 is 0.952 bits per heavy atom. The number of rotatable bonds is 6. The fourth-order valence-electron chi connectivity index (χ4n) is 15.6. The van der Waals surface area contributed by atoms with Gasteiger partial charge in [-0.3, -0.25) is 0 Å². The molecule has 8 fully saturated rings. The molecule has 0 radical (unpaired) electrons. The van der Waals surface area contributed by atoms with Crippen molar-refractivity contribution in [3.05, 3.63) is 129 Å². The Kier molecular flexibility index (Phi) is 9.32. The summed E-state index contributed by atoms with van der Waals surface area (Å²) < 4.78 is 2.14. The molecule has 4 aromatic carbocycles. The first-order chi connectivity index (χ1) is 29.9. The third-order valence-electron chi connectivity index (χ3n) is 17.7. The van der Waals surface area contributed by atoms with E-state index >= 15 is 0 Å². The highest BCUT2D eigenvalue weighted by atomic mass is 16.3. The van der Waals surface area contributed by atoms with Crippen LogP contribution in [0.25, 0.3) is 28.0 Å². The molecule has 0 atom stereocenters. The van der Waals surface area contributed by atoms with Gasteiger partial charge in [-0.25, -0.2) is 4.58 Å². The fourth-order valence-corrected chi connectivity index (χ4v) is 15.6.